The summed E-state index contributed by atoms with van der Waals surface area (Å²) in [4.78, 5) is 4.32. The highest BCUT2D eigenvalue weighted by atomic mass is 32.2. The molecular weight excluding hydrogens is 331 g/mol. The fourth-order valence-electron chi connectivity index (χ4n) is 2.75. The Morgan fingerprint density at radius 1 is 1.25 bits per heavy atom. The minimum absolute atomic E-state index is 0.137. The molecule has 1 saturated heterocycles. The number of hydrogen-bond acceptors (Lipinski definition) is 4. The minimum Gasteiger partial charge on any atom is -0.473 e. The molecule has 0 radical (unpaired) electrons. The van der Waals surface area contributed by atoms with Crippen LogP contribution < -0.4 is 4.74 Å². The van der Waals surface area contributed by atoms with Crippen LogP contribution in [0.15, 0.2) is 41.4 Å². The molecule has 3 rings (SSSR count). The van der Waals surface area contributed by atoms with E-state index in [1.807, 2.05) is 13.0 Å². The van der Waals surface area contributed by atoms with Gasteiger partial charge in [0.15, 0.2) is 0 Å². The normalized spacial score (nSPS) is 18.7. The van der Waals surface area contributed by atoms with E-state index in [9.17, 15) is 12.8 Å². The molecule has 0 bridgehead atoms. The maximum atomic E-state index is 13.2. The lowest BCUT2D eigenvalue weighted by atomic mass is 10.2. The number of hydrogen-bond donors (Lipinski definition) is 0. The third-order valence-corrected chi connectivity index (χ3v) is 6.06. The molecule has 5 nitrogen and oxygen atoms in total. The number of halogens is 1. The summed E-state index contributed by atoms with van der Waals surface area (Å²) in [6, 6.07) is 7.38. The zero-order chi connectivity index (χ0) is 17.3. The number of sulfonamides is 1. The molecule has 24 heavy (non-hydrogen) atoms. The van der Waals surface area contributed by atoms with Gasteiger partial charge in [-0.05, 0) is 49.6 Å². The second-order valence-corrected chi connectivity index (χ2v) is 7.88. The van der Waals surface area contributed by atoms with E-state index in [-0.39, 0.29) is 17.5 Å². The third-order valence-electron chi connectivity index (χ3n) is 4.03. The number of pyridine rings is 1. The monoisotopic (exact) mass is 350 g/mol. The molecule has 0 unspecified atom stereocenters. The molecule has 0 saturated carbocycles. The summed E-state index contributed by atoms with van der Waals surface area (Å²) in [5.41, 5.74) is 1.43. The Hall–Kier alpha value is -1.99. The van der Waals surface area contributed by atoms with E-state index >= 15 is 0 Å². The Morgan fingerprint density at radius 2 is 2.04 bits per heavy atom. The molecule has 1 atom stereocenters. The van der Waals surface area contributed by atoms with Gasteiger partial charge in [0.2, 0.25) is 15.9 Å². The van der Waals surface area contributed by atoms with E-state index in [2.05, 4.69) is 4.98 Å². The van der Waals surface area contributed by atoms with Crippen LogP contribution in [0, 0.1) is 19.7 Å². The van der Waals surface area contributed by atoms with E-state index < -0.39 is 15.8 Å². The fourth-order valence-corrected chi connectivity index (χ4v) is 4.44. The summed E-state index contributed by atoms with van der Waals surface area (Å²) in [6.45, 7) is 4.16. The van der Waals surface area contributed by atoms with Crippen LogP contribution in [0.25, 0.3) is 0 Å². The summed E-state index contributed by atoms with van der Waals surface area (Å²) in [5, 5.41) is 0. The average molecular weight is 350 g/mol. The molecule has 1 aromatic heterocycles. The quantitative estimate of drug-likeness (QED) is 0.851. The average Bonchev–Trinajstić information content (AvgIpc) is 2.98. The molecule has 0 spiro atoms. The topological polar surface area (TPSA) is 59.5 Å². The Morgan fingerprint density at radius 3 is 2.71 bits per heavy atom. The van der Waals surface area contributed by atoms with Gasteiger partial charge < -0.3 is 4.74 Å². The largest absolute Gasteiger partial charge is 0.473 e. The van der Waals surface area contributed by atoms with Gasteiger partial charge in [0, 0.05) is 18.8 Å². The molecule has 1 aromatic carbocycles. The van der Waals surface area contributed by atoms with E-state index in [4.69, 9.17) is 4.74 Å². The van der Waals surface area contributed by atoms with Gasteiger partial charge >= 0.3 is 0 Å². The summed E-state index contributed by atoms with van der Waals surface area (Å²) in [7, 11) is -3.65. The second-order valence-electron chi connectivity index (χ2n) is 5.98. The zero-order valence-corrected chi connectivity index (χ0v) is 14.4. The first kappa shape index (κ1) is 16.9. The first-order valence-electron chi connectivity index (χ1n) is 7.72. The predicted octanol–water partition coefficient (Wildman–Crippen LogP) is 2.68. The van der Waals surface area contributed by atoms with Gasteiger partial charge in [-0.15, -0.1) is 0 Å². The van der Waals surface area contributed by atoms with Gasteiger partial charge in [-0.3, -0.25) is 0 Å². The molecule has 2 aromatic rings. The van der Waals surface area contributed by atoms with Gasteiger partial charge in [0.25, 0.3) is 0 Å². The lowest BCUT2D eigenvalue weighted by Crippen LogP contribution is -2.31. The van der Waals surface area contributed by atoms with Crippen LogP contribution >= 0.6 is 0 Å². The van der Waals surface area contributed by atoms with Gasteiger partial charge in [-0.1, -0.05) is 6.07 Å². The van der Waals surface area contributed by atoms with Crippen molar-refractivity contribution in [2.45, 2.75) is 31.3 Å². The summed E-state index contributed by atoms with van der Waals surface area (Å²) in [6.07, 6.45) is 2.06. The minimum atomic E-state index is -3.65. The summed E-state index contributed by atoms with van der Waals surface area (Å²) >= 11 is 0. The van der Waals surface area contributed by atoms with Crippen molar-refractivity contribution in [2.24, 2.45) is 0 Å². The van der Waals surface area contributed by atoms with Crippen molar-refractivity contribution in [1.82, 2.24) is 9.29 Å². The first-order valence-corrected chi connectivity index (χ1v) is 9.16. The molecule has 1 aliphatic rings. The van der Waals surface area contributed by atoms with Gasteiger partial charge in [0.05, 0.1) is 11.4 Å². The lowest BCUT2D eigenvalue weighted by molar-refractivity contribution is 0.207. The van der Waals surface area contributed by atoms with E-state index in [0.29, 0.717) is 24.4 Å². The molecule has 128 valence electrons. The highest BCUT2D eigenvalue weighted by molar-refractivity contribution is 7.89. The summed E-state index contributed by atoms with van der Waals surface area (Å²) in [5.74, 6) is 0.0438. The van der Waals surface area contributed by atoms with Crippen molar-refractivity contribution in [3.8, 4) is 5.88 Å². The molecule has 0 aliphatic carbocycles. The van der Waals surface area contributed by atoms with Crippen molar-refractivity contribution in [3.05, 3.63) is 53.5 Å². The molecule has 1 fully saturated rings. The van der Waals surface area contributed by atoms with Crippen molar-refractivity contribution in [3.63, 3.8) is 0 Å². The number of ether oxygens (including phenoxy) is 1. The Balaban J connectivity index is 1.73. The number of benzene rings is 1. The molecule has 1 aliphatic heterocycles. The molecule has 7 heteroatoms. The van der Waals surface area contributed by atoms with Crippen molar-refractivity contribution < 1.29 is 17.5 Å². The number of rotatable bonds is 4. The summed E-state index contributed by atoms with van der Waals surface area (Å²) < 4.78 is 45.8. The third kappa shape index (κ3) is 3.42. The predicted molar refractivity (Wildman–Crippen MR) is 87.9 cm³/mol. The van der Waals surface area contributed by atoms with Crippen LogP contribution in [-0.2, 0) is 10.0 Å². The highest BCUT2D eigenvalue weighted by Gasteiger charge is 2.34. The van der Waals surface area contributed by atoms with Gasteiger partial charge in [0.1, 0.15) is 11.9 Å². The Labute approximate surface area is 141 Å². The lowest BCUT2D eigenvalue weighted by Gasteiger charge is -2.18. The van der Waals surface area contributed by atoms with Crippen LogP contribution in [0.3, 0.4) is 0 Å². The van der Waals surface area contributed by atoms with Crippen molar-refractivity contribution in [1.29, 1.82) is 0 Å². The van der Waals surface area contributed by atoms with Crippen LogP contribution in [-0.4, -0.2) is 36.9 Å². The molecule has 0 N–H and O–H groups in total. The van der Waals surface area contributed by atoms with Crippen LogP contribution in [0.4, 0.5) is 4.39 Å². The second kappa shape index (κ2) is 6.49. The zero-order valence-electron chi connectivity index (χ0n) is 13.6. The number of aryl methyl sites for hydroxylation is 2. The SMILES string of the molecule is Cc1ccc(O[C@H]2CCN(S(=O)(=O)c3ccc(F)cc3C)C2)nc1. The Bertz CT molecular complexity index is 837. The number of nitrogens with zero attached hydrogens (tertiary/aromatic N) is 2. The van der Waals surface area contributed by atoms with Gasteiger partial charge in [-0.2, -0.15) is 4.31 Å². The first-order chi connectivity index (χ1) is 11.4. The standard InChI is InChI=1S/C17H19FN2O3S/c1-12-3-6-17(19-10-12)23-15-7-8-20(11-15)24(21,22)16-5-4-14(18)9-13(16)2/h3-6,9-10,15H,7-8,11H2,1-2H3/t15-/m0/s1. The van der Waals surface area contributed by atoms with E-state index in [1.165, 1.54) is 22.5 Å². The molecule has 2 heterocycles. The maximum Gasteiger partial charge on any atom is 0.243 e. The van der Waals surface area contributed by atoms with Gasteiger partial charge in [-0.25, -0.2) is 17.8 Å². The fraction of sp³-hybridized carbons (Fsp3) is 0.353. The van der Waals surface area contributed by atoms with Crippen molar-refractivity contribution in [2.75, 3.05) is 13.1 Å². The Kier molecular flexibility index (Phi) is 4.56. The smallest absolute Gasteiger partial charge is 0.243 e. The van der Waals surface area contributed by atoms with E-state index in [1.54, 1.807) is 19.2 Å². The van der Waals surface area contributed by atoms with Crippen LogP contribution in [0.1, 0.15) is 17.5 Å². The van der Waals surface area contributed by atoms with Crippen molar-refractivity contribution >= 4 is 10.0 Å². The van der Waals surface area contributed by atoms with E-state index in [0.717, 1.165) is 5.56 Å². The molecule has 0 amide bonds. The molecular formula is C17H19FN2O3S. The highest BCUT2D eigenvalue weighted by Crippen LogP contribution is 2.26. The number of aromatic nitrogens is 1. The van der Waals surface area contributed by atoms with Crippen LogP contribution in [0.2, 0.25) is 0 Å². The maximum absolute atomic E-state index is 13.2. The van der Waals surface area contributed by atoms with Crippen LogP contribution in [0.5, 0.6) is 5.88 Å².